The number of nitrogens with zero attached hydrogens (tertiary/aromatic N) is 1. The number of sulfonamides is 1. The molecule has 4 atom stereocenters. The Morgan fingerprint density at radius 2 is 1.93 bits per heavy atom. The van der Waals surface area contributed by atoms with Gasteiger partial charge in [0.25, 0.3) is 5.91 Å². The van der Waals surface area contributed by atoms with Crippen LogP contribution in [0.4, 0.5) is 5.69 Å². The van der Waals surface area contributed by atoms with Crippen LogP contribution in [-0.4, -0.2) is 43.9 Å². The number of aliphatic hydroxyl groups is 1. The molecule has 7 nitrogen and oxygen atoms in total. The number of carbonyl (C=O) groups excluding carboxylic acids is 1. The van der Waals surface area contributed by atoms with Gasteiger partial charge in [0, 0.05) is 23.7 Å². The molecule has 6 rings (SSSR count). The van der Waals surface area contributed by atoms with Crippen LogP contribution in [0.25, 0.3) is 0 Å². The lowest BCUT2D eigenvalue weighted by atomic mass is 9.70. The van der Waals surface area contributed by atoms with Gasteiger partial charge in [-0.05, 0) is 105 Å². The predicted octanol–water partition coefficient (Wildman–Crippen LogP) is 5.56. The first-order chi connectivity index (χ1) is 19.8. The lowest BCUT2D eigenvalue weighted by Crippen LogP contribution is -2.43. The minimum atomic E-state index is -3.93. The number of anilines is 1. The number of amides is 1. The van der Waals surface area contributed by atoms with Crippen LogP contribution in [-0.2, 0) is 23.1 Å². The van der Waals surface area contributed by atoms with E-state index in [1.807, 2.05) is 36.4 Å². The van der Waals surface area contributed by atoms with Gasteiger partial charge >= 0.3 is 0 Å². The molecule has 0 radical (unpaired) electrons. The molecule has 2 bridgehead atoms. The number of allylic oxidation sites excluding steroid dienone is 2. The molecule has 1 saturated carbocycles. The Labute approximate surface area is 247 Å². The second-order valence-electron chi connectivity index (χ2n) is 11.7. The number of benzene rings is 2. The quantitative estimate of drug-likeness (QED) is 0.387. The van der Waals surface area contributed by atoms with E-state index in [1.54, 1.807) is 18.2 Å². The molecule has 1 fully saturated rings. The Balaban J connectivity index is 1.38. The van der Waals surface area contributed by atoms with Gasteiger partial charge in [-0.25, -0.2) is 13.1 Å². The molecule has 9 heteroatoms. The number of aryl methyl sites for hydroxylation is 1. The van der Waals surface area contributed by atoms with Crippen molar-refractivity contribution < 1.29 is 23.1 Å². The van der Waals surface area contributed by atoms with E-state index < -0.39 is 27.3 Å². The fraction of sp³-hybridized carbons (Fsp3) is 0.469. The number of hydrogen-bond acceptors (Lipinski definition) is 6. The third kappa shape index (κ3) is 6.06. The molecule has 2 aliphatic carbocycles. The highest BCUT2D eigenvalue weighted by Gasteiger charge is 2.38. The van der Waals surface area contributed by atoms with E-state index in [4.69, 9.17) is 16.3 Å². The normalized spacial score (nSPS) is 28.8. The average Bonchev–Trinajstić information content (AvgIpc) is 3.39. The summed E-state index contributed by atoms with van der Waals surface area (Å²) in [6.07, 6.45) is 11.4. The molecule has 2 N–H and O–H groups in total. The molecule has 218 valence electrons. The third-order valence-electron chi connectivity index (χ3n) is 9.15. The van der Waals surface area contributed by atoms with Crippen molar-refractivity contribution in [2.24, 2.45) is 11.8 Å². The number of halogens is 1. The second kappa shape index (κ2) is 11.8. The van der Waals surface area contributed by atoms with Crippen molar-refractivity contribution in [1.29, 1.82) is 0 Å². The minimum Gasteiger partial charge on any atom is -0.487 e. The Morgan fingerprint density at radius 1 is 1.05 bits per heavy atom. The van der Waals surface area contributed by atoms with Gasteiger partial charge in [0.1, 0.15) is 17.6 Å². The summed E-state index contributed by atoms with van der Waals surface area (Å²) in [6.45, 7) is 1.84. The summed E-state index contributed by atoms with van der Waals surface area (Å²) < 4.78 is 35.4. The Bertz CT molecular complexity index is 1490. The van der Waals surface area contributed by atoms with Crippen molar-refractivity contribution in [2.45, 2.75) is 69.3 Å². The zero-order chi connectivity index (χ0) is 28.6. The standard InChI is InChI=1S/C32H37ClN2O5S/c33-26-13-10-25-20-40-30-15-12-23-18-28(30)35(16-2-1-5-22(25)17-26)19-24-11-14-27(24)29(36)8-3-6-21-7-4-9-31(21)41(38,39)34-32(23)37/h3,7-8,10,12-13,15,17-18,24,27,29,31,36H,1-2,4-6,9,11,14,16,19-20H2,(H,34,37)/b8-3+/t24-,27+,29-,31+/m0/s1. The molecule has 2 aromatic carbocycles. The molecule has 2 heterocycles. The SMILES string of the molecule is O=C1NS(=O)(=O)[C@@H]2CCC=C2C/C=C/[C@H](O)[C@@H]2CC[C@H]2CN2CCCCc3cc(Cl)ccc3COc3ccc1cc32. The number of rotatable bonds is 0. The van der Waals surface area contributed by atoms with E-state index in [0.29, 0.717) is 42.6 Å². The molecular weight excluding hydrogens is 560 g/mol. The van der Waals surface area contributed by atoms with Gasteiger partial charge in [0.05, 0.1) is 11.8 Å². The minimum absolute atomic E-state index is 0.136. The first-order valence-corrected chi connectivity index (χ1v) is 16.6. The van der Waals surface area contributed by atoms with Crippen molar-refractivity contribution in [3.8, 4) is 5.75 Å². The van der Waals surface area contributed by atoms with Gasteiger partial charge in [0.2, 0.25) is 10.0 Å². The number of fused-ring (bicyclic) bond motifs is 4. The molecule has 0 saturated heterocycles. The van der Waals surface area contributed by atoms with Gasteiger partial charge in [-0.15, -0.1) is 0 Å². The van der Waals surface area contributed by atoms with Gasteiger partial charge in [-0.2, -0.15) is 0 Å². The molecule has 0 unspecified atom stereocenters. The summed E-state index contributed by atoms with van der Waals surface area (Å²) in [5, 5.41) is 11.0. The topological polar surface area (TPSA) is 95.9 Å². The predicted molar refractivity (Wildman–Crippen MR) is 161 cm³/mol. The van der Waals surface area contributed by atoms with E-state index >= 15 is 0 Å². The maximum atomic E-state index is 13.4. The van der Waals surface area contributed by atoms with Crippen LogP contribution in [0.2, 0.25) is 5.02 Å². The highest BCUT2D eigenvalue weighted by atomic mass is 35.5. The van der Waals surface area contributed by atoms with Crippen LogP contribution in [0.5, 0.6) is 5.75 Å². The maximum Gasteiger partial charge on any atom is 0.264 e. The number of carbonyl (C=O) groups is 1. The zero-order valence-corrected chi connectivity index (χ0v) is 24.7. The molecule has 0 spiro atoms. The second-order valence-corrected chi connectivity index (χ2v) is 14.0. The number of hydrogen-bond donors (Lipinski definition) is 2. The van der Waals surface area contributed by atoms with Crippen LogP contribution >= 0.6 is 11.6 Å². The molecular formula is C32H37ClN2O5S. The summed E-state index contributed by atoms with van der Waals surface area (Å²) in [7, 11) is -3.93. The molecule has 4 aliphatic rings. The monoisotopic (exact) mass is 596 g/mol. The van der Waals surface area contributed by atoms with Crippen molar-refractivity contribution in [1.82, 2.24) is 4.72 Å². The summed E-state index contributed by atoms with van der Waals surface area (Å²) in [5.41, 5.74) is 4.08. The average molecular weight is 597 g/mol. The Kier molecular flexibility index (Phi) is 8.16. The van der Waals surface area contributed by atoms with Gasteiger partial charge in [0.15, 0.2) is 0 Å². The highest BCUT2D eigenvalue weighted by Crippen LogP contribution is 2.41. The third-order valence-corrected chi connectivity index (χ3v) is 11.1. The molecule has 1 amide bonds. The van der Waals surface area contributed by atoms with Gasteiger partial charge < -0.3 is 14.7 Å². The number of nitrogens with one attached hydrogen (secondary N) is 1. The first-order valence-electron chi connectivity index (χ1n) is 14.7. The molecule has 0 aromatic heterocycles. The molecule has 2 aliphatic heterocycles. The lowest BCUT2D eigenvalue weighted by molar-refractivity contribution is 0.0461. The largest absolute Gasteiger partial charge is 0.487 e. The van der Waals surface area contributed by atoms with Crippen molar-refractivity contribution >= 4 is 33.2 Å². The lowest BCUT2D eigenvalue weighted by Gasteiger charge is -2.42. The van der Waals surface area contributed by atoms with Crippen LogP contribution < -0.4 is 14.4 Å². The number of aliphatic hydroxyl groups excluding tert-OH is 1. The van der Waals surface area contributed by atoms with Gasteiger partial charge in [-0.1, -0.05) is 41.5 Å². The van der Waals surface area contributed by atoms with Crippen LogP contribution in [0.1, 0.15) is 66.4 Å². The van der Waals surface area contributed by atoms with Crippen LogP contribution in [0.3, 0.4) is 0 Å². The van der Waals surface area contributed by atoms with Crippen molar-refractivity contribution in [3.63, 3.8) is 0 Å². The fourth-order valence-electron chi connectivity index (χ4n) is 6.69. The van der Waals surface area contributed by atoms with Crippen molar-refractivity contribution in [2.75, 3.05) is 18.0 Å². The molecule has 2 aromatic rings. The van der Waals surface area contributed by atoms with Crippen LogP contribution in [0.15, 0.2) is 60.2 Å². The van der Waals surface area contributed by atoms with E-state index in [2.05, 4.69) is 9.62 Å². The highest BCUT2D eigenvalue weighted by molar-refractivity contribution is 7.90. The summed E-state index contributed by atoms with van der Waals surface area (Å²) in [6, 6.07) is 11.1. The number of ether oxygens (including phenoxy) is 1. The zero-order valence-electron chi connectivity index (χ0n) is 23.1. The summed E-state index contributed by atoms with van der Waals surface area (Å²) in [4.78, 5) is 15.6. The fourth-order valence-corrected chi connectivity index (χ4v) is 8.44. The first kappa shape index (κ1) is 28.3. The van der Waals surface area contributed by atoms with E-state index in [0.717, 1.165) is 62.0 Å². The van der Waals surface area contributed by atoms with E-state index in [9.17, 15) is 18.3 Å². The maximum absolute atomic E-state index is 13.4. The smallest absolute Gasteiger partial charge is 0.264 e. The Hall–Kier alpha value is -2.81. The summed E-state index contributed by atoms with van der Waals surface area (Å²) in [5.74, 6) is 0.447. The van der Waals surface area contributed by atoms with Gasteiger partial charge in [-0.3, -0.25) is 4.79 Å². The van der Waals surface area contributed by atoms with Crippen molar-refractivity contribution in [3.05, 3.63) is 81.9 Å². The Morgan fingerprint density at radius 3 is 2.76 bits per heavy atom. The summed E-state index contributed by atoms with van der Waals surface area (Å²) >= 11 is 6.30. The van der Waals surface area contributed by atoms with Crippen LogP contribution in [0, 0.1) is 11.8 Å². The van der Waals surface area contributed by atoms with E-state index in [1.165, 1.54) is 5.56 Å². The van der Waals surface area contributed by atoms with E-state index in [-0.39, 0.29) is 11.5 Å². The molecule has 41 heavy (non-hydrogen) atoms.